The van der Waals surface area contributed by atoms with Crippen LogP contribution in [0.1, 0.15) is 32.3 Å². The standard InChI is InChI=1S/C15H24N2O2/c1-11(2)13-6-5-7-14(8-13)16-9-15(18)17-12(3)10-19-4/h5-8,11-12,16H,9-10H2,1-4H3,(H,17,18). The molecule has 0 aliphatic heterocycles. The number of nitrogens with one attached hydrogen (secondary N) is 2. The second-order valence-corrected chi connectivity index (χ2v) is 5.06. The fourth-order valence-electron chi connectivity index (χ4n) is 1.81. The largest absolute Gasteiger partial charge is 0.383 e. The first kappa shape index (κ1) is 15.5. The maximum atomic E-state index is 11.7. The molecule has 0 aliphatic rings. The summed E-state index contributed by atoms with van der Waals surface area (Å²) >= 11 is 0. The number of anilines is 1. The number of benzene rings is 1. The van der Waals surface area contributed by atoms with Gasteiger partial charge in [-0.15, -0.1) is 0 Å². The molecule has 4 heteroatoms. The van der Waals surface area contributed by atoms with Gasteiger partial charge in [0.2, 0.25) is 5.91 Å². The number of hydrogen-bond acceptors (Lipinski definition) is 3. The van der Waals surface area contributed by atoms with E-state index in [4.69, 9.17) is 4.74 Å². The Morgan fingerprint density at radius 2 is 2.05 bits per heavy atom. The lowest BCUT2D eigenvalue weighted by molar-refractivity contribution is -0.120. The Kier molecular flexibility index (Phi) is 6.36. The highest BCUT2D eigenvalue weighted by Crippen LogP contribution is 2.18. The molecule has 106 valence electrons. The molecular weight excluding hydrogens is 240 g/mol. The Morgan fingerprint density at radius 3 is 2.68 bits per heavy atom. The summed E-state index contributed by atoms with van der Waals surface area (Å²) in [4.78, 5) is 11.7. The molecule has 1 aromatic carbocycles. The number of rotatable bonds is 7. The van der Waals surface area contributed by atoms with Crippen molar-refractivity contribution in [3.8, 4) is 0 Å². The molecule has 1 unspecified atom stereocenters. The van der Waals surface area contributed by atoms with Crippen LogP contribution in [0.15, 0.2) is 24.3 Å². The second kappa shape index (κ2) is 7.79. The predicted molar refractivity (Wildman–Crippen MR) is 78.5 cm³/mol. The van der Waals surface area contributed by atoms with Crippen molar-refractivity contribution in [1.29, 1.82) is 0 Å². The van der Waals surface area contributed by atoms with Crippen LogP contribution in [0.2, 0.25) is 0 Å². The summed E-state index contributed by atoms with van der Waals surface area (Å²) in [6.07, 6.45) is 0. The van der Waals surface area contributed by atoms with Gasteiger partial charge in [-0.25, -0.2) is 0 Å². The van der Waals surface area contributed by atoms with Gasteiger partial charge in [-0.05, 0) is 30.5 Å². The number of amides is 1. The van der Waals surface area contributed by atoms with E-state index in [1.807, 2.05) is 19.1 Å². The Balaban J connectivity index is 2.43. The Morgan fingerprint density at radius 1 is 1.32 bits per heavy atom. The topological polar surface area (TPSA) is 50.4 Å². The van der Waals surface area contributed by atoms with E-state index in [0.717, 1.165) is 5.69 Å². The third kappa shape index (κ3) is 5.75. The van der Waals surface area contributed by atoms with Crippen LogP contribution in [0, 0.1) is 0 Å². The molecule has 0 heterocycles. The molecule has 1 amide bonds. The van der Waals surface area contributed by atoms with E-state index in [-0.39, 0.29) is 18.5 Å². The van der Waals surface area contributed by atoms with Crippen LogP contribution >= 0.6 is 0 Å². The van der Waals surface area contributed by atoms with Crippen molar-refractivity contribution in [3.63, 3.8) is 0 Å². The summed E-state index contributed by atoms with van der Waals surface area (Å²) < 4.78 is 4.97. The molecule has 0 saturated carbocycles. The summed E-state index contributed by atoms with van der Waals surface area (Å²) in [5, 5.41) is 6.00. The van der Waals surface area contributed by atoms with Gasteiger partial charge in [-0.2, -0.15) is 0 Å². The Hall–Kier alpha value is -1.55. The average Bonchev–Trinajstić information content (AvgIpc) is 2.37. The van der Waals surface area contributed by atoms with Crippen LogP contribution in [0.4, 0.5) is 5.69 Å². The van der Waals surface area contributed by atoms with Gasteiger partial charge in [-0.3, -0.25) is 4.79 Å². The van der Waals surface area contributed by atoms with Crippen molar-refractivity contribution in [2.45, 2.75) is 32.7 Å². The minimum atomic E-state index is -0.0282. The van der Waals surface area contributed by atoms with E-state index >= 15 is 0 Å². The minimum absolute atomic E-state index is 0.0282. The lowest BCUT2D eigenvalue weighted by atomic mass is 10.0. The second-order valence-electron chi connectivity index (χ2n) is 5.06. The lowest BCUT2D eigenvalue weighted by Crippen LogP contribution is -2.39. The molecule has 1 atom stereocenters. The predicted octanol–water partition coefficient (Wildman–Crippen LogP) is 2.37. The van der Waals surface area contributed by atoms with Crippen molar-refractivity contribution in [2.75, 3.05) is 25.6 Å². The lowest BCUT2D eigenvalue weighted by Gasteiger charge is -2.14. The fourth-order valence-corrected chi connectivity index (χ4v) is 1.81. The van der Waals surface area contributed by atoms with Gasteiger partial charge in [0.05, 0.1) is 13.2 Å². The SMILES string of the molecule is COCC(C)NC(=O)CNc1cccc(C(C)C)c1. The highest BCUT2D eigenvalue weighted by molar-refractivity contribution is 5.80. The third-order valence-electron chi connectivity index (χ3n) is 2.83. The average molecular weight is 264 g/mol. The van der Waals surface area contributed by atoms with Gasteiger partial charge in [0.15, 0.2) is 0 Å². The zero-order chi connectivity index (χ0) is 14.3. The zero-order valence-electron chi connectivity index (χ0n) is 12.2. The van der Waals surface area contributed by atoms with E-state index in [9.17, 15) is 4.79 Å². The molecule has 0 aliphatic carbocycles. The third-order valence-corrected chi connectivity index (χ3v) is 2.83. The van der Waals surface area contributed by atoms with E-state index in [2.05, 4.69) is 36.6 Å². The minimum Gasteiger partial charge on any atom is -0.383 e. The van der Waals surface area contributed by atoms with Gasteiger partial charge in [-0.1, -0.05) is 26.0 Å². The summed E-state index contributed by atoms with van der Waals surface area (Å²) in [5.74, 6) is 0.455. The van der Waals surface area contributed by atoms with E-state index in [1.165, 1.54) is 5.56 Å². The molecule has 1 rings (SSSR count). The summed E-state index contributed by atoms with van der Waals surface area (Å²) in [6.45, 7) is 7.02. The number of carbonyl (C=O) groups excluding carboxylic acids is 1. The number of methoxy groups -OCH3 is 1. The smallest absolute Gasteiger partial charge is 0.239 e. The molecule has 0 spiro atoms. The summed E-state index contributed by atoms with van der Waals surface area (Å²) in [7, 11) is 1.62. The first-order chi connectivity index (χ1) is 9.02. The molecule has 0 radical (unpaired) electrons. The van der Waals surface area contributed by atoms with Gasteiger partial charge < -0.3 is 15.4 Å². The van der Waals surface area contributed by atoms with Crippen molar-refractivity contribution in [3.05, 3.63) is 29.8 Å². The molecule has 19 heavy (non-hydrogen) atoms. The molecule has 0 bridgehead atoms. The van der Waals surface area contributed by atoms with Crippen LogP contribution in [-0.4, -0.2) is 32.2 Å². The maximum Gasteiger partial charge on any atom is 0.239 e. The first-order valence-corrected chi connectivity index (χ1v) is 6.65. The molecule has 2 N–H and O–H groups in total. The van der Waals surface area contributed by atoms with Crippen molar-refractivity contribution < 1.29 is 9.53 Å². The van der Waals surface area contributed by atoms with Crippen LogP contribution < -0.4 is 10.6 Å². The van der Waals surface area contributed by atoms with Gasteiger partial charge in [0.25, 0.3) is 0 Å². The van der Waals surface area contributed by atoms with Gasteiger partial charge in [0.1, 0.15) is 0 Å². The zero-order valence-corrected chi connectivity index (χ0v) is 12.2. The molecule has 0 aromatic heterocycles. The Bertz CT molecular complexity index is 405. The highest BCUT2D eigenvalue weighted by atomic mass is 16.5. The van der Waals surface area contributed by atoms with E-state index < -0.39 is 0 Å². The highest BCUT2D eigenvalue weighted by Gasteiger charge is 2.07. The Labute approximate surface area is 115 Å². The van der Waals surface area contributed by atoms with Crippen LogP contribution in [-0.2, 0) is 9.53 Å². The number of hydrogen-bond donors (Lipinski definition) is 2. The molecule has 0 fully saturated rings. The molecular formula is C15H24N2O2. The molecule has 4 nitrogen and oxygen atoms in total. The van der Waals surface area contributed by atoms with Crippen LogP contribution in [0.3, 0.4) is 0 Å². The maximum absolute atomic E-state index is 11.7. The fraction of sp³-hybridized carbons (Fsp3) is 0.533. The van der Waals surface area contributed by atoms with Crippen LogP contribution in [0.25, 0.3) is 0 Å². The normalized spacial score (nSPS) is 12.3. The summed E-state index contributed by atoms with van der Waals surface area (Å²) in [6, 6.07) is 8.18. The van der Waals surface area contributed by atoms with Crippen molar-refractivity contribution >= 4 is 11.6 Å². The monoisotopic (exact) mass is 264 g/mol. The number of carbonyl (C=O) groups is 1. The van der Waals surface area contributed by atoms with E-state index in [1.54, 1.807) is 7.11 Å². The summed E-state index contributed by atoms with van der Waals surface area (Å²) in [5.41, 5.74) is 2.24. The first-order valence-electron chi connectivity index (χ1n) is 6.65. The molecule has 0 saturated heterocycles. The van der Waals surface area contributed by atoms with E-state index in [0.29, 0.717) is 12.5 Å². The van der Waals surface area contributed by atoms with Gasteiger partial charge in [0, 0.05) is 18.8 Å². The molecule has 1 aromatic rings. The van der Waals surface area contributed by atoms with Gasteiger partial charge >= 0.3 is 0 Å². The number of ether oxygens (including phenoxy) is 1. The van der Waals surface area contributed by atoms with Crippen molar-refractivity contribution in [2.24, 2.45) is 0 Å². The quantitative estimate of drug-likeness (QED) is 0.795. The van der Waals surface area contributed by atoms with Crippen LogP contribution in [0.5, 0.6) is 0 Å². The van der Waals surface area contributed by atoms with Crippen molar-refractivity contribution in [1.82, 2.24) is 5.32 Å².